The molecule has 0 aliphatic carbocycles. The monoisotopic (exact) mass is 277 g/mol. The van der Waals surface area contributed by atoms with E-state index in [0.717, 1.165) is 13.0 Å². The van der Waals surface area contributed by atoms with E-state index >= 15 is 0 Å². The Bertz CT molecular complexity index is 325. The molecular weight excluding hydrogens is 242 g/mol. The van der Waals surface area contributed by atoms with Crippen LogP contribution in [0.5, 0.6) is 0 Å². The van der Waals surface area contributed by atoms with Crippen LogP contribution in [0.4, 0.5) is 0 Å². The summed E-state index contributed by atoms with van der Waals surface area (Å²) in [6.45, 7) is 14.2. The van der Waals surface area contributed by atoms with Gasteiger partial charge < -0.3 is 4.90 Å². The van der Waals surface area contributed by atoms with Crippen LogP contribution in [-0.2, 0) is 0 Å². The number of allylic oxidation sites excluding steroid dienone is 4. The third kappa shape index (κ3) is 6.56. The first-order valence-electron chi connectivity index (χ1n) is 8.08. The molecule has 0 saturated carbocycles. The maximum Gasteiger partial charge on any atom is 0.00436 e. The smallest absolute Gasteiger partial charge is 0.00436 e. The molecule has 116 valence electrons. The molecule has 0 bridgehead atoms. The number of hydrogen-bond donors (Lipinski definition) is 0. The lowest BCUT2D eigenvalue weighted by molar-refractivity contribution is 0.161. The minimum absolute atomic E-state index is 0.393. The Kier molecular flexibility index (Phi) is 9.58. The molecule has 20 heavy (non-hydrogen) atoms. The first-order valence-corrected chi connectivity index (χ1v) is 8.08. The van der Waals surface area contributed by atoms with Crippen molar-refractivity contribution in [3.63, 3.8) is 0 Å². The van der Waals surface area contributed by atoms with Gasteiger partial charge in [0.2, 0.25) is 0 Å². The Morgan fingerprint density at radius 3 is 2.30 bits per heavy atom. The molecule has 0 spiro atoms. The molecule has 0 aliphatic heterocycles. The summed E-state index contributed by atoms with van der Waals surface area (Å²) < 4.78 is 0. The summed E-state index contributed by atoms with van der Waals surface area (Å²) >= 11 is 0. The normalized spacial score (nSPS) is 17.4. The van der Waals surface area contributed by atoms with E-state index in [1.807, 2.05) is 6.08 Å². The fourth-order valence-electron chi connectivity index (χ4n) is 2.75. The largest absolute Gasteiger partial charge is 0.309 e. The SMILES string of the molecule is C=C/C(=C\C=C\C(CN(C)C)C(C)(CC)CCC)CC. The molecule has 0 radical (unpaired) electrons. The molecule has 0 amide bonds. The maximum absolute atomic E-state index is 3.86. The lowest BCUT2D eigenvalue weighted by Crippen LogP contribution is -2.33. The predicted molar refractivity (Wildman–Crippen MR) is 93.1 cm³/mol. The molecule has 0 fully saturated rings. The average Bonchev–Trinajstić information content (AvgIpc) is 2.42. The molecule has 0 N–H and O–H groups in total. The van der Waals surface area contributed by atoms with Gasteiger partial charge in [-0.25, -0.2) is 0 Å². The van der Waals surface area contributed by atoms with Crippen LogP contribution >= 0.6 is 0 Å². The van der Waals surface area contributed by atoms with Gasteiger partial charge in [-0.3, -0.25) is 0 Å². The second-order valence-corrected chi connectivity index (χ2v) is 6.31. The Balaban J connectivity index is 5.09. The zero-order valence-corrected chi connectivity index (χ0v) is 14.6. The van der Waals surface area contributed by atoms with Crippen molar-refractivity contribution < 1.29 is 0 Å². The molecule has 0 rings (SSSR count). The molecule has 0 heterocycles. The molecule has 2 unspecified atom stereocenters. The average molecular weight is 277 g/mol. The summed E-state index contributed by atoms with van der Waals surface area (Å²) in [4.78, 5) is 2.30. The third-order valence-corrected chi connectivity index (χ3v) is 4.41. The van der Waals surface area contributed by atoms with Crippen LogP contribution in [-0.4, -0.2) is 25.5 Å². The topological polar surface area (TPSA) is 3.24 Å². The highest BCUT2D eigenvalue weighted by Crippen LogP contribution is 2.37. The zero-order valence-electron chi connectivity index (χ0n) is 14.6. The summed E-state index contributed by atoms with van der Waals surface area (Å²) in [5.74, 6) is 0.599. The quantitative estimate of drug-likeness (QED) is 0.479. The Hall–Kier alpha value is -0.820. The molecule has 0 aliphatic rings. The van der Waals surface area contributed by atoms with Gasteiger partial charge >= 0.3 is 0 Å². The molecule has 1 heteroatoms. The first kappa shape index (κ1) is 19.2. The first-order chi connectivity index (χ1) is 9.43. The van der Waals surface area contributed by atoms with E-state index in [-0.39, 0.29) is 0 Å². The number of nitrogens with zero attached hydrogens (tertiary/aromatic N) is 1. The minimum atomic E-state index is 0.393. The van der Waals surface area contributed by atoms with Crippen LogP contribution in [0.3, 0.4) is 0 Å². The molecule has 0 aromatic rings. The minimum Gasteiger partial charge on any atom is -0.309 e. The van der Waals surface area contributed by atoms with Gasteiger partial charge in [0.05, 0.1) is 0 Å². The summed E-state index contributed by atoms with van der Waals surface area (Å²) in [6, 6.07) is 0. The highest BCUT2D eigenvalue weighted by atomic mass is 15.1. The lowest BCUT2D eigenvalue weighted by Gasteiger charge is -2.37. The highest BCUT2D eigenvalue weighted by Gasteiger charge is 2.30. The molecule has 0 saturated heterocycles. The van der Waals surface area contributed by atoms with E-state index in [1.165, 1.54) is 24.8 Å². The molecule has 0 aromatic heterocycles. The van der Waals surface area contributed by atoms with Gasteiger partial charge in [-0.2, -0.15) is 0 Å². The number of rotatable bonds is 10. The standard InChI is InChI=1S/C19H35N/c1-8-15-19(5,11-4)18(16-20(6)7)14-12-13-17(9-2)10-3/h9,12-14,18H,2,8,10-11,15-16H2,1,3-7H3/b14-12+,17-13+. The molecule has 2 atom stereocenters. The van der Waals surface area contributed by atoms with Crippen LogP contribution in [0.2, 0.25) is 0 Å². The summed E-state index contributed by atoms with van der Waals surface area (Å²) in [7, 11) is 4.33. The van der Waals surface area contributed by atoms with Gasteiger partial charge in [0.25, 0.3) is 0 Å². The number of hydrogen-bond acceptors (Lipinski definition) is 1. The zero-order chi connectivity index (χ0) is 15.6. The van der Waals surface area contributed by atoms with Crippen molar-refractivity contribution in [2.45, 2.75) is 53.4 Å². The maximum atomic E-state index is 3.86. The summed E-state index contributed by atoms with van der Waals surface area (Å²) in [6.07, 6.45) is 13.6. The molecule has 1 nitrogen and oxygen atoms in total. The van der Waals surface area contributed by atoms with Gasteiger partial charge in [0, 0.05) is 6.54 Å². The van der Waals surface area contributed by atoms with E-state index in [4.69, 9.17) is 0 Å². The van der Waals surface area contributed by atoms with Crippen LogP contribution in [0, 0.1) is 11.3 Å². The van der Waals surface area contributed by atoms with E-state index in [1.54, 1.807) is 0 Å². The van der Waals surface area contributed by atoms with Gasteiger partial charge in [-0.15, -0.1) is 0 Å². The Labute approximate surface area is 127 Å². The van der Waals surface area contributed by atoms with Gasteiger partial charge in [-0.1, -0.05) is 71.4 Å². The summed E-state index contributed by atoms with van der Waals surface area (Å²) in [5, 5.41) is 0. The van der Waals surface area contributed by atoms with Crippen molar-refractivity contribution >= 4 is 0 Å². The van der Waals surface area contributed by atoms with Crippen molar-refractivity contribution in [3.05, 3.63) is 36.5 Å². The van der Waals surface area contributed by atoms with Crippen LogP contribution in [0.15, 0.2) is 36.5 Å². The van der Waals surface area contributed by atoms with Crippen molar-refractivity contribution in [1.82, 2.24) is 4.90 Å². The lowest BCUT2D eigenvalue weighted by atomic mass is 9.71. The summed E-state index contributed by atoms with van der Waals surface area (Å²) in [5.41, 5.74) is 1.70. The van der Waals surface area contributed by atoms with Gasteiger partial charge in [0.15, 0.2) is 0 Å². The molecule has 0 aromatic carbocycles. The van der Waals surface area contributed by atoms with E-state index in [2.05, 4.69) is 71.5 Å². The second-order valence-electron chi connectivity index (χ2n) is 6.31. The van der Waals surface area contributed by atoms with Crippen molar-refractivity contribution in [1.29, 1.82) is 0 Å². The van der Waals surface area contributed by atoms with Gasteiger partial charge in [0.1, 0.15) is 0 Å². The van der Waals surface area contributed by atoms with Crippen molar-refractivity contribution in [3.8, 4) is 0 Å². The Morgan fingerprint density at radius 2 is 1.90 bits per heavy atom. The third-order valence-electron chi connectivity index (χ3n) is 4.41. The highest BCUT2D eigenvalue weighted by molar-refractivity contribution is 5.22. The molecular formula is C19H35N. The second kappa shape index (κ2) is 9.99. The van der Waals surface area contributed by atoms with E-state index in [9.17, 15) is 0 Å². The van der Waals surface area contributed by atoms with Crippen LogP contribution in [0.1, 0.15) is 53.4 Å². The Morgan fingerprint density at radius 1 is 1.25 bits per heavy atom. The van der Waals surface area contributed by atoms with Crippen LogP contribution in [0.25, 0.3) is 0 Å². The van der Waals surface area contributed by atoms with E-state index in [0.29, 0.717) is 11.3 Å². The van der Waals surface area contributed by atoms with Gasteiger partial charge in [-0.05, 0) is 43.8 Å². The van der Waals surface area contributed by atoms with Crippen molar-refractivity contribution in [2.24, 2.45) is 11.3 Å². The van der Waals surface area contributed by atoms with Crippen molar-refractivity contribution in [2.75, 3.05) is 20.6 Å². The van der Waals surface area contributed by atoms with Crippen LogP contribution < -0.4 is 0 Å². The fraction of sp³-hybridized carbons (Fsp3) is 0.684. The fourth-order valence-corrected chi connectivity index (χ4v) is 2.75. The van der Waals surface area contributed by atoms with E-state index < -0.39 is 0 Å². The predicted octanol–water partition coefficient (Wildman–Crippen LogP) is 5.46.